The summed E-state index contributed by atoms with van der Waals surface area (Å²) in [6, 6.07) is 0. The van der Waals surface area contributed by atoms with Gasteiger partial charge in [0.05, 0.1) is 12.1 Å². The molecule has 1 aromatic heterocycles. The molecule has 0 atom stereocenters. The van der Waals surface area contributed by atoms with Gasteiger partial charge in [-0.05, 0) is 32.6 Å². The molecule has 5 heteroatoms. The number of carbonyl (C=O) groups is 1. The number of hydrogen-bond acceptors (Lipinski definition) is 5. The molecule has 0 aliphatic heterocycles. The monoisotopic (exact) mass is 266 g/mol. The number of nitrogens with zero attached hydrogens (tertiary/aromatic N) is 1. The number of ether oxygens (including phenoxy) is 1. The molecule has 1 aliphatic carbocycles. The fourth-order valence-electron chi connectivity index (χ4n) is 2.02. The summed E-state index contributed by atoms with van der Waals surface area (Å²) in [6.07, 6.45) is 7.07. The van der Waals surface area contributed by atoms with Crippen LogP contribution in [0.25, 0.3) is 0 Å². The van der Waals surface area contributed by atoms with Gasteiger partial charge < -0.3 is 10.1 Å². The number of aromatic nitrogens is 1. The van der Waals surface area contributed by atoms with E-state index in [1.165, 1.54) is 36.2 Å². The van der Waals surface area contributed by atoms with Crippen LogP contribution < -0.4 is 5.32 Å². The first-order chi connectivity index (χ1) is 8.81. The largest absolute Gasteiger partial charge is 0.461 e. The lowest BCUT2D eigenvalue weighted by Gasteiger charge is -2.06. The molecule has 0 aromatic carbocycles. The fourth-order valence-corrected chi connectivity index (χ4v) is 2.71. The van der Waals surface area contributed by atoms with Crippen LogP contribution in [-0.4, -0.2) is 24.1 Å². The molecule has 0 bridgehead atoms. The summed E-state index contributed by atoms with van der Waals surface area (Å²) in [4.78, 5) is 15.7. The summed E-state index contributed by atoms with van der Waals surface area (Å²) in [6.45, 7) is 3.02. The van der Waals surface area contributed by atoms with Gasteiger partial charge in [0.1, 0.15) is 5.00 Å². The Hall–Kier alpha value is -1.36. The Bertz CT molecular complexity index is 440. The normalized spacial score (nSPS) is 14.4. The molecule has 1 aliphatic rings. The van der Waals surface area contributed by atoms with Crippen molar-refractivity contribution >= 4 is 22.3 Å². The first-order valence-corrected chi connectivity index (χ1v) is 7.21. The van der Waals surface area contributed by atoms with Gasteiger partial charge in [-0.25, -0.2) is 9.78 Å². The highest BCUT2D eigenvalue weighted by Crippen LogP contribution is 2.23. The van der Waals surface area contributed by atoms with E-state index in [9.17, 15) is 4.79 Å². The summed E-state index contributed by atoms with van der Waals surface area (Å²) < 4.78 is 4.96. The number of rotatable bonds is 6. The molecule has 98 valence electrons. The van der Waals surface area contributed by atoms with Crippen LogP contribution in [0.4, 0.5) is 5.00 Å². The average Bonchev–Trinajstić information content (AvgIpc) is 3.00. The van der Waals surface area contributed by atoms with Crippen molar-refractivity contribution in [1.82, 2.24) is 4.98 Å². The lowest BCUT2D eigenvalue weighted by atomic mass is 10.2. The summed E-state index contributed by atoms with van der Waals surface area (Å²) in [7, 11) is 0. The molecule has 1 aromatic rings. The summed E-state index contributed by atoms with van der Waals surface area (Å²) in [5.41, 5.74) is 3.59. The highest BCUT2D eigenvalue weighted by Gasteiger charge is 2.15. The zero-order valence-corrected chi connectivity index (χ0v) is 11.4. The number of nitrogens with one attached hydrogen (secondary N) is 1. The van der Waals surface area contributed by atoms with Crippen LogP contribution in [0.1, 0.15) is 43.1 Å². The van der Waals surface area contributed by atoms with Gasteiger partial charge in [-0.1, -0.05) is 11.6 Å². The van der Waals surface area contributed by atoms with E-state index in [4.69, 9.17) is 4.74 Å². The van der Waals surface area contributed by atoms with Crippen LogP contribution in [0.3, 0.4) is 0 Å². The number of anilines is 1. The molecular formula is C13H18N2O2S. The number of carbonyl (C=O) groups excluding carboxylic acids is 1. The van der Waals surface area contributed by atoms with E-state index in [1.54, 1.807) is 12.4 Å². The smallest absolute Gasteiger partial charge is 0.360 e. The number of hydrogen-bond donors (Lipinski definition) is 1. The molecule has 2 rings (SSSR count). The highest BCUT2D eigenvalue weighted by atomic mass is 32.1. The SMILES string of the molecule is CCOC(=O)c1ncsc1NCCC1=CCCC1. The molecule has 18 heavy (non-hydrogen) atoms. The lowest BCUT2D eigenvalue weighted by molar-refractivity contribution is 0.0521. The third-order valence-corrected chi connectivity index (χ3v) is 3.69. The quantitative estimate of drug-likeness (QED) is 0.634. The van der Waals surface area contributed by atoms with Crippen LogP contribution in [0.2, 0.25) is 0 Å². The van der Waals surface area contributed by atoms with Gasteiger partial charge in [0.25, 0.3) is 0 Å². The lowest BCUT2D eigenvalue weighted by Crippen LogP contribution is -2.09. The maximum absolute atomic E-state index is 11.6. The Labute approximate surface area is 111 Å². The highest BCUT2D eigenvalue weighted by molar-refractivity contribution is 7.14. The first kappa shape index (κ1) is 13.1. The Balaban J connectivity index is 1.85. The van der Waals surface area contributed by atoms with Crippen molar-refractivity contribution in [3.8, 4) is 0 Å². The first-order valence-electron chi connectivity index (χ1n) is 6.33. The van der Waals surface area contributed by atoms with Crippen molar-refractivity contribution in [3.05, 3.63) is 22.9 Å². The molecule has 0 saturated heterocycles. The summed E-state index contributed by atoms with van der Waals surface area (Å²) >= 11 is 1.44. The van der Waals surface area contributed by atoms with Crippen molar-refractivity contribution in [1.29, 1.82) is 0 Å². The molecular weight excluding hydrogens is 248 g/mol. The van der Waals surface area contributed by atoms with E-state index in [1.807, 2.05) is 0 Å². The maximum Gasteiger partial charge on any atom is 0.360 e. The predicted molar refractivity (Wildman–Crippen MR) is 73.1 cm³/mol. The van der Waals surface area contributed by atoms with E-state index in [0.717, 1.165) is 18.0 Å². The van der Waals surface area contributed by atoms with Gasteiger partial charge in [-0.15, -0.1) is 11.3 Å². The predicted octanol–water partition coefficient (Wildman–Crippen LogP) is 3.23. The third-order valence-electron chi connectivity index (χ3n) is 2.90. The van der Waals surface area contributed by atoms with E-state index >= 15 is 0 Å². The minimum Gasteiger partial charge on any atom is -0.461 e. The molecule has 0 amide bonds. The van der Waals surface area contributed by atoms with Crippen LogP contribution in [0.15, 0.2) is 17.2 Å². The van der Waals surface area contributed by atoms with Gasteiger partial charge >= 0.3 is 5.97 Å². The van der Waals surface area contributed by atoms with Crippen molar-refractivity contribution in [2.45, 2.75) is 32.6 Å². The summed E-state index contributed by atoms with van der Waals surface area (Å²) in [5.74, 6) is -0.346. The van der Waals surface area contributed by atoms with Crippen molar-refractivity contribution in [3.63, 3.8) is 0 Å². The van der Waals surface area contributed by atoms with Crippen LogP contribution in [0, 0.1) is 0 Å². The van der Waals surface area contributed by atoms with Gasteiger partial charge in [-0.2, -0.15) is 0 Å². The third kappa shape index (κ3) is 3.32. The molecule has 0 radical (unpaired) electrons. The molecule has 0 spiro atoms. The van der Waals surface area contributed by atoms with Gasteiger partial charge in [0.15, 0.2) is 5.69 Å². The Kier molecular flexibility index (Phi) is 4.75. The second-order valence-corrected chi connectivity index (χ2v) is 5.04. The average molecular weight is 266 g/mol. The topological polar surface area (TPSA) is 51.2 Å². The maximum atomic E-state index is 11.6. The Morgan fingerprint density at radius 2 is 2.50 bits per heavy atom. The van der Waals surface area contributed by atoms with Crippen LogP contribution in [-0.2, 0) is 4.74 Å². The van der Waals surface area contributed by atoms with Crippen molar-refractivity contribution < 1.29 is 9.53 Å². The fraction of sp³-hybridized carbons (Fsp3) is 0.538. The van der Waals surface area contributed by atoms with Gasteiger partial charge in [-0.3, -0.25) is 0 Å². The van der Waals surface area contributed by atoms with E-state index in [2.05, 4.69) is 16.4 Å². The second-order valence-electron chi connectivity index (χ2n) is 4.18. The standard InChI is InChI=1S/C13H18N2O2S/c1-2-17-13(16)11-12(18-9-15-11)14-8-7-10-5-3-4-6-10/h5,9,14H,2-4,6-8H2,1H3. The van der Waals surface area contributed by atoms with Crippen molar-refractivity contribution in [2.24, 2.45) is 0 Å². The zero-order valence-electron chi connectivity index (χ0n) is 10.6. The Morgan fingerprint density at radius 1 is 1.61 bits per heavy atom. The molecule has 0 fully saturated rings. The molecule has 0 saturated carbocycles. The van der Waals surface area contributed by atoms with E-state index in [0.29, 0.717) is 12.3 Å². The van der Waals surface area contributed by atoms with Crippen LogP contribution >= 0.6 is 11.3 Å². The molecule has 1 N–H and O–H groups in total. The van der Waals surface area contributed by atoms with Gasteiger partial charge in [0, 0.05) is 6.54 Å². The van der Waals surface area contributed by atoms with Crippen molar-refractivity contribution in [2.75, 3.05) is 18.5 Å². The molecule has 0 unspecified atom stereocenters. The Morgan fingerprint density at radius 3 is 3.22 bits per heavy atom. The molecule has 1 heterocycles. The molecule has 4 nitrogen and oxygen atoms in total. The second kappa shape index (κ2) is 6.54. The number of allylic oxidation sites excluding steroid dienone is 1. The van der Waals surface area contributed by atoms with Gasteiger partial charge in [0.2, 0.25) is 0 Å². The minimum atomic E-state index is -0.346. The summed E-state index contributed by atoms with van der Waals surface area (Å²) in [5, 5.41) is 4.09. The number of esters is 1. The number of thiazole rings is 1. The minimum absolute atomic E-state index is 0.346. The van der Waals surface area contributed by atoms with Crippen LogP contribution in [0.5, 0.6) is 0 Å². The van der Waals surface area contributed by atoms with E-state index in [-0.39, 0.29) is 5.97 Å². The zero-order chi connectivity index (χ0) is 12.8. The van der Waals surface area contributed by atoms with E-state index < -0.39 is 0 Å².